The number of nitrogens with one attached hydrogen (secondary N) is 1. The Balaban J connectivity index is 2.26. The van der Waals surface area contributed by atoms with Gasteiger partial charge in [0.1, 0.15) is 10.7 Å². The van der Waals surface area contributed by atoms with Gasteiger partial charge in [-0.3, -0.25) is 0 Å². The molecule has 5 nitrogen and oxygen atoms in total. The van der Waals surface area contributed by atoms with Crippen LogP contribution in [0, 0.1) is 13.8 Å². The predicted molar refractivity (Wildman–Crippen MR) is 71.5 cm³/mol. The SMILES string of the molecule is Cc1cccc(Cl)c1S(=O)(=O)NCc1ocnc1C. The molecule has 0 radical (unpaired) electrons. The second-order valence-electron chi connectivity index (χ2n) is 4.07. The molecule has 19 heavy (non-hydrogen) atoms. The van der Waals surface area contributed by atoms with Gasteiger partial charge in [0.15, 0.2) is 6.39 Å². The highest BCUT2D eigenvalue weighted by Gasteiger charge is 2.20. The number of nitrogens with zero attached hydrogens (tertiary/aromatic N) is 1. The van der Waals surface area contributed by atoms with Crippen molar-refractivity contribution in [3.8, 4) is 0 Å². The van der Waals surface area contributed by atoms with Gasteiger partial charge in [0, 0.05) is 0 Å². The van der Waals surface area contributed by atoms with Crippen LogP contribution < -0.4 is 4.72 Å². The Kier molecular flexibility index (Phi) is 3.93. The topological polar surface area (TPSA) is 72.2 Å². The minimum absolute atomic E-state index is 0.0405. The van der Waals surface area contributed by atoms with E-state index in [2.05, 4.69) is 9.71 Å². The molecule has 7 heteroatoms. The lowest BCUT2D eigenvalue weighted by Gasteiger charge is -2.10. The zero-order valence-corrected chi connectivity index (χ0v) is 12.0. The fraction of sp³-hybridized carbons (Fsp3) is 0.250. The molecule has 2 rings (SSSR count). The second kappa shape index (κ2) is 5.32. The average molecular weight is 301 g/mol. The Labute approximate surface area is 116 Å². The van der Waals surface area contributed by atoms with Crippen molar-refractivity contribution in [2.24, 2.45) is 0 Å². The highest BCUT2D eigenvalue weighted by molar-refractivity contribution is 7.89. The summed E-state index contributed by atoms with van der Waals surface area (Å²) >= 11 is 5.95. The summed E-state index contributed by atoms with van der Waals surface area (Å²) in [5, 5.41) is 0.196. The number of benzene rings is 1. The molecule has 0 amide bonds. The summed E-state index contributed by atoms with van der Waals surface area (Å²) in [6.45, 7) is 3.48. The maximum absolute atomic E-state index is 12.2. The molecule has 1 aromatic heterocycles. The molecule has 0 atom stereocenters. The number of rotatable bonds is 4. The molecule has 1 N–H and O–H groups in total. The standard InChI is InChI=1S/C12H13ClN2O3S/c1-8-4-3-5-10(13)12(8)19(16,17)15-6-11-9(2)14-7-18-11/h3-5,7,15H,6H2,1-2H3. The monoisotopic (exact) mass is 300 g/mol. The molecule has 0 bridgehead atoms. The van der Waals surface area contributed by atoms with E-state index in [1.165, 1.54) is 6.39 Å². The van der Waals surface area contributed by atoms with Crippen LogP contribution in [-0.2, 0) is 16.6 Å². The first-order valence-corrected chi connectivity index (χ1v) is 7.41. The highest BCUT2D eigenvalue weighted by Crippen LogP contribution is 2.24. The first-order valence-electron chi connectivity index (χ1n) is 5.55. The predicted octanol–water partition coefficient (Wildman–Crippen LogP) is 2.42. The number of hydrogen-bond donors (Lipinski definition) is 1. The van der Waals surface area contributed by atoms with Gasteiger partial charge in [-0.1, -0.05) is 23.7 Å². The maximum Gasteiger partial charge on any atom is 0.242 e. The first-order chi connectivity index (χ1) is 8.92. The average Bonchev–Trinajstić information content (AvgIpc) is 2.72. The number of oxazole rings is 1. The summed E-state index contributed by atoms with van der Waals surface area (Å²) in [6, 6.07) is 4.94. The van der Waals surface area contributed by atoms with E-state index >= 15 is 0 Å². The van der Waals surface area contributed by atoms with Gasteiger partial charge in [-0.15, -0.1) is 0 Å². The Bertz CT molecular complexity index is 675. The number of aryl methyl sites for hydroxylation is 2. The molecule has 0 spiro atoms. The van der Waals surface area contributed by atoms with Gasteiger partial charge in [-0.05, 0) is 25.5 Å². The number of hydrogen-bond acceptors (Lipinski definition) is 4. The van der Waals surface area contributed by atoms with Crippen molar-refractivity contribution in [3.05, 3.63) is 46.6 Å². The Hall–Kier alpha value is -1.37. The lowest BCUT2D eigenvalue weighted by atomic mass is 10.2. The van der Waals surface area contributed by atoms with Crippen molar-refractivity contribution < 1.29 is 12.8 Å². The number of aromatic nitrogens is 1. The molecule has 1 aromatic carbocycles. The third kappa shape index (κ3) is 2.97. The Morgan fingerprint density at radius 3 is 2.68 bits per heavy atom. The molecule has 0 saturated heterocycles. The molecule has 0 aliphatic heterocycles. The number of sulfonamides is 1. The summed E-state index contributed by atoms with van der Waals surface area (Å²) in [6.07, 6.45) is 1.28. The van der Waals surface area contributed by atoms with Gasteiger partial charge in [-0.2, -0.15) is 0 Å². The third-order valence-corrected chi connectivity index (χ3v) is 4.73. The molecule has 1 heterocycles. The van der Waals surface area contributed by atoms with Crippen LogP contribution in [0.25, 0.3) is 0 Å². The van der Waals surface area contributed by atoms with Gasteiger partial charge in [0.05, 0.1) is 17.3 Å². The second-order valence-corrected chi connectivity index (χ2v) is 6.18. The summed E-state index contributed by atoms with van der Waals surface area (Å²) in [4.78, 5) is 3.99. The van der Waals surface area contributed by atoms with E-state index in [4.69, 9.17) is 16.0 Å². The molecule has 0 aliphatic rings. The van der Waals surface area contributed by atoms with Crippen LogP contribution in [0.4, 0.5) is 0 Å². The van der Waals surface area contributed by atoms with Crippen molar-refractivity contribution in [2.45, 2.75) is 25.3 Å². The molecule has 0 fully saturated rings. The Morgan fingerprint density at radius 2 is 2.11 bits per heavy atom. The van der Waals surface area contributed by atoms with Gasteiger partial charge in [0.2, 0.25) is 10.0 Å². The Morgan fingerprint density at radius 1 is 1.37 bits per heavy atom. The van der Waals surface area contributed by atoms with Crippen molar-refractivity contribution in [1.82, 2.24) is 9.71 Å². The van der Waals surface area contributed by atoms with Gasteiger partial charge < -0.3 is 4.42 Å². The highest BCUT2D eigenvalue weighted by atomic mass is 35.5. The zero-order chi connectivity index (χ0) is 14.0. The smallest absolute Gasteiger partial charge is 0.242 e. The van der Waals surface area contributed by atoms with E-state index in [1.54, 1.807) is 32.0 Å². The van der Waals surface area contributed by atoms with Crippen molar-refractivity contribution in [2.75, 3.05) is 0 Å². The van der Waals surface area contributed by atoms with E-state index in [0.717, 1.165) is 0 Å². The van der Waals surface area contributed by atoms with Crippen LogP contribution in [0.15, 0.2) is 33.9 Å². The minimum atomic E-state index is -3.68. The minimum Gasteiger partial charge on any atom is -0.447 e. The van der Waals surface area contributed by atoms with Gasteiger partial charge in [-0.25, -0.2) is 18.1 Å². The van der Waals surface area contributed by atoms with Crippen LogP contribution in [0.2, 0.25) is 5.02 Å². The third-order valence-electron chi connectivity index (χ3n) is 2.70. The van der Waals surface area contributed by atoms with Crippen molar-refractivity contribution in [3.63, 3.8) is 0 Å². The summed E-state index contributed by atoms with van der Waals surface area (Å²) in [5.74, 6) is 0.480. The van der Waals surface area contributed by atoms with Crippen LogP contribution >= 0.6 is 11.6 Å². The van der Waals surface area contributed by atoms with E-state index in [-0.39, 0.29) is 16.5 Å². The lowest BCUT2D eigenvalue weighted by molar-refractivity contribution is 0.492. The van der Waals surface area contributed by atoms with E-state index < -0.39 is 10.0 Å². The largest absolute Gasteiger partial charge is 0.447 e. The molecular weight excluding hydrogens is 288 g/mol. The molecule has 0 aliphatic carbocycles. The van der Waals surface area contributed by atoms with E-state index in [0.29, 0.717) is 17.0 Å². The lowest BCUT2D eigenvalue weighted by Crippen LogP contribution is -2.24. The maximum atomic E-state index is 12.2. The molecule has 102 valence electrons. The normalized spacial score (nSPS) is 11.7. The quantitative estimate of drug-likeness (QED) is 0.941. The fourth-order valence-electron chi connectivity index (χ4n) is 1.69. The van der Waals surface area contributed by atoms with Crippen LogP contribution in [-0.4, -0.2) is 13.4 Å². The zero-order valence-electron chi connectivity index (χ0n) is 10.5. The van der Waals surface area contributed by atoms with Crippen LogP contribution in [0.3, 0.4) is 0 Å². The van der Waals surface area contributed by atoms with E-state index in [9.17, 15) is 8.42 Å². The van der Waals surface area contributed by atoms with E-state index in [1.807, 2.05) is 0 Å². The van der Waals surface area contributed by atoms with Crippen molar-refractivity contribution >= 4 is 21.6 Å². The van der Waals surface area contributed by atoms with Gasteiger partial charge in [0.25, 0.3) is 0 Å². The summed E-state index contributed by atoms with van der Waals surface area (Å²) in [5.41, 5.74) is 1.24. The number of halogens is 1. The van der Waals surface area contributed by atoms with Crippen molar-refractivity contribution in [1.29, 1.82) is 0 Å². The molecular formula is C12H13ClN2O3S. The molecule has 0 saturated carbocycles. The summed E-state index contributed by atoms with van der Waals surface area (Å²) < 4.78 is 32.0. The summed E-state index contributed by atoms with van der Waals surface area (Å²) in [7, 11) is -3.68. The van der Waals surface area contributed by atoms with Crippen LogP contribution in [0.5, 0.6) is 0 Å². The van der Waals surface area contributed by atoms with Gasteiger partial charge >= 0.3 is 0 Å². The van der Waals surface area contributed by atoms with Crippen LogP contribution in [0.1, 0.15) is 17.0 Å². The fourth-order valence-corrected chi connectivity index (χ4v) is 3.49. The molecule has 2 aromatic rings. The first kappa shape index (κ1) is 14.0. The molecule has 0 unspecified atom stereocenters.